The van der Waals surface area contributed by atoms with Crippen LogP contribution in [0.5, 0.6) is 0 Å². The van der Waals surface area contributed by atoms with Gasteiger partial charge in [0.05, 0.1) is 18.8 Å². The van der Waals surface area contributed by atoms with E-state index < -0.39 is 6.17 Å². The van der Waals surface area contributed by atoms with Gasteiger partial charge in [-0.2, -0.15) is 0 Å². The van der Waals surface area contributed by atoms with Crippen LogP contribution >= 0.6 is 0 Å². The van der Waals surface area contributed by atoms with E-state index in [9.17, 15) is 4.39 Å². The molecule has 0 unspecified atom stereocenters. The largest absolute Gasteiger partial charge is 0.398 e. The van der Waals surface area contributed by atoms with Crippen molar-refractivity contribution in [1.82, 2.24) is 14.4 Å². The Bertz CT molecular complexity index is 1230. The number of alkyl halides is 1. The van der Waals surface area contributed by atoms with Crippen molar-refractivity contribution in [2.75, 3.05) is 29.0 Å². The third kappa shape index (κ3) is 3.22. The number of nitrogens with one attached hydrogen (secondary N) is 2. The number of hydrogen-bond acceptors (Lipinski definition) is 6. The zero-order chi connectivity index (χ0) is 20.7. The predicted molar refractivity (Wildman–Crippen MR) is 118 cm³/mol. The highest BCUT2D eigenvalue weighted by Crippen LogP contribution is 2.28. The monoisotopic (exact) mass is 401 g/mol. The van der Waals surface area contributed by atoms with Crippen LogP contribution in [0.4, 0.5) is 27.3 Å². The topological polar surface area (TPSA) is 95.3 Å². The fourth-order valence-corrected chi connectivity index (χ4v) is 3.55. The van der Waals surface area contributed by atoms with E-state index in [0.29, 0.717) is 35.8 Å². The number of halogens is 1. The quantitative estimate of drug-likeness (QED) is 0.348. The molecule has 0 spiro atoms. The summed E-state index contributed by atoms with van der Waals surface area (Å²) in [6.07, 6.45) is 5.98. The van der Waals surface area contributed by atoms with Gasteiger partial charge in [0.25, 0.3) is 0 Å². The molecule has 150 valence electrons. The number of fused-ring (bicyclic) bond motifs is 1. The van der Waals surface area contributed by atoms with Gasteiger partial charge in [0, 0.05) is 53.0 Å². The molecule has 4 aromatic rings. The summed E-state index contributed by atoms with van der Waals surface area (Å²) in [6.45, 7) is 0.899. The fraction of sp³-hybridized carbons (Fsp3) is 0.136. The standard InChI is InChI=1S/C22H20FN7/c23-16-11-30(12-16)18-5-3-17(4-6-18)27-21-22-26-7-8-29(22)13-20(28-21)14-1-2-15(10-24)19(25)9-14/h1-10,13,16,24H,11-12,25H2,(H,27,28). The van der Waals surface area contributed by atoms with Gasteiger partial charge < -0.3 is 25.8 Å². The molecule has 0 saturated carbocycles. The number of imidazole rings is 1. The van der Waals surface area contributed by atoms with Crippen LogP contribution in [0.1, 0.15) is 5.56 Å². The summed E-state index contributed by atoms with van der Waals surface area (Å²) in [5, 5.41) is 10.7. The number of anilines is 4. The van der Waals surface area contributed by atoms with Gasteiger partial charge in [-0.3, -0.25) is 0 Å². The SMILES string of the molecule is N=Cc1ccc(-c2cn3ccnc3c(Nc3ccc(N4CC(F)C4)cc3)n2)cc1N. The minimum atomic E-state index is -0.731. The van der Waals surface area contributed by atoms with Crippen molar-refractivity contribution in [2.24, 2.45) is 0 Å². The molecule has 0 aliphatic carbocycles. The van der Waals surface area contributed by atoms with Crippen molar-refractivity contribution in [3.8, 4) is 11.3 Å². The van der Waals surface area contributed by atoms with Crippen molar-refractivity contribution in [3.05, 3.63) is 66.6 Å². The van der Waals surface area contributed by atoms with Gasteiger partial charge in [0.1, 0.15) is 6.17 Å². The molecule has 1 fully saturated rings. The highest BCUT2D eigenvalue weighted by atomic mass is 19.1. The molecule has 4 N–H and O–H groups in total. The average Bonchev–Trinajstić information content (AvgIpc) is 3.21. The molecule has 0 radical (unpaired) electrons. The van der Waals surface area contributed by atoms with Crippen LogP contribution in [-0.2, 0) is 0 Å². The summed E-state index contributed by atoms with van der Waals surface area (Å²) in [5.74, 6) is 0.618. The summed E-state index contributed by atoms with van der Waals surface area (Å²) in [4.78, 5) is 11.2. The van der Waals surface area contributed by atoms with E-state index in [0.717, 1.165) is 22.6 Å². The maximum atomic E-state index is 13.1. The van der Waals surface area contributed by atoms with Crippen molar-refractivity contribution in [3.63, 3.8) is 0 Å². The summed E-state index contributed by atoms with van der Waals surface area (Å²) < 4.78 is 15.0. The Balaban J connectivity index is 1.47. The minimum absolute atomic E-state index is 0.449. The van der Waals surface area contributed by atoms with Crippen LogP contribution in [0.25, 0.3) is 16.9 Å². The van der Waals surface area contributed by atoms with Gasteiger partial charge in [-0.15, -0.1) is 0 Å². The lowest BCUT2D eigenvalue weighted by molar-refractivity contribution is 0.275. The van der Waals surface area contributed by atoms with E-state index in [4.69, 9.17) is 16.1 Å². The summed E-state index contributed by atoms with van der Waals surface area (Å²) in [5.41, 5.74) is 11.4. The van der Waals surface area contributed by atoms with Crippen molar-refractivity contribution < 1.29 is 4.39 Å². The molecule has 1 aliphatic rings. The number of nitrogens with zero attached hydrogens (tertiary/aromatic N) is 4. The minimum Gasteiger partial charge on any atom is -0.398 e. The van der Waals surface area contributed by atoms with Gasteiger partial charge >= 0.3 is 0 Å². The zero-order valence-corrected chi connectivity index (χ0v) is 16.1. The first-order valence-corrected chi connectivity index (χ1v) is 9.61. The molecule has 2 aromatic carbocycles. The predicted octanol–water partition coefficient (Wildman–Crippen LogP) is 3.88. The van der Waals surface area contributed by atoms with Crippen LogP contribution in [-0.4, -0.2) is 39.8 Å². The van der Waals surface area contributed by atoms with E-state index in [1.54, 1.807) is 12.3 Å². The van der Waals surface area contributed by atoms with Crippen LogP contribution in [0, 0.1) is 5.41 Å². The second-order valence-corrected chi connectivity index (χ2v) is 7.30. The summed E-state index contributed by atoms with van der Waals surface area (Å²) in [7, 11) is 0. The summed E-state index contributed by atoms with van der Waals surface area (Å²) in [6, 6.07) is 13.4. The maximum absolute atomic E-state index is 13.1. The second-order valence-electron chi connectivity index (χ2n) is 7.30. The lowest BCUT2D eigenvalue weighted by Gasteiger charge is -2.36. The van der Waals surface area contributed by atoms with Crippen molar-refractivity contribution in [1.29, 1.82) is 5.41 Å². The van der Waals surface area contributed by atoms with E-state index in [2.05, 4.69) is 10.3 Å². The smallest absolute Gasteiger partial charge is 0.180 e. The van der Waals surface area contributed by atoms with E-state index in [-0.39, 0.29) is 0 Å². The molecule has 0 atom stereocenters. The molecule has 0 bridgehead atoms. The molecule has 2 aromatic heterocycles. The Hall–Kier alpha value is -3.94. The Morgan fingerprint density at radius 1 is 1.17 bits per heavy atom. The number of rotatable bonds is 5. The number of benzene rings is 2. The molecular weight excluding hydrogens is 381 g/mol. The van der Waals surface area contributed by atoms with Crippen LogP contribution in [0.2, 0.25) is 0 Å². The lowest BCUT2D eigenvalue weighted by atomic mass is 10.1. The van der Waals surface area contributed by atoms with Gasteiger partial charge in [-0.05, 0) is 30.3 Å². The fourth-order valence-electron chi connectivity index (χ4n) is 3.55. The molecular formula is C22H20FN7. The highest BCUT2D eigenvalue weighted by Gasteiger charge is 2.26. The zero-order valence-electron chi connectivity index (χ0n) is 16.1. The van der Waals surface area contributed by atoms with Crippen LogP contribution < -0.4 is 16.0 Å². The van der Waals surface area contributed by atoms with Crippen LogP contribution in [0.15, 0.2) is 61.1 Å². The number of aromatic nitrogens is 3. The summed E-state index contributed by atoms with van der Waals surface area (Å²) >= 11 is 0. The number of nitrogen functional groups attached to an aromatic ring is 1. The van der Waals surface area contributed by atoms with Gasteiger partial charge in [-0.1, -0.05) is 12.1 Å². The molecule has 5 rings (SSSR count). The van der Waals surface area contributed by atoms with Gasteiger partial charge in [0.2, 0.25) is 0 Å². The Morgan fingerprint density at radius 2 is 1.97 bits per heavy atom. The molecule has 7 nitrogen and oxygen atoms in total. The first-order valence-electron chi connectivity index (χ1n) is 9.61. The molecule has 8 heteroatoms. The highest BCUT2D eigenvalue weighted by molar-refractivity contribution is 5.87. The lowest BCUT2D eigenvalue weighted by Crippen LogP contribution is -2.48. The Kier molecular flexibility index (Phi) is 4.31. The molecule has 1 saturated heterocycles. The van der Waals surface area contributed by atoms with E-state index in [1.165, 1.54) is 6.21 Å². The molecule has 30 heavy (non-hydrogen) atoms. The van der Waals surface area contributed by atoms with Gasteiger partial charge in [0.15, 0.2) is 11.5 Å². The molecule has 1 aliphatic heterocycles. The third-order valence-electron chi connectivity index (χ3n) is 5.24. The van der Waals surface area contributed by atoms with Crippen LogP contribution in [0.3, 0.4) is 0 Å². The molecule has 3 heterocycles. The third-order valence-corrected chi connectivity index (χ3v) is 5.24. The average molecular weight is 401 g/mol. The van der Waals surface area contributed by atoms with Gasteiger partial charge in [-0.25, -0.2) is 14.4 Å². The first kappa shape index (κ1) is 18.1. The van der Waals surface area contributed by atoms with Crippen molar-refractivity contribution in [2.45, 2.75) is 6.17 Å². The normalized spacial score (nSPS) is 14.0. The van der Waals surface area contributed by atoms with E-state index in [1.807, 2.05) is 58.1 Å². The second kappa shape index (κ2) is 7.14. The Labute approximate surface area is 172 Å². The molecule has 0 amide bonds. The number of nitrogens with two attached hydrogens (primary N) is 1. The Morgan fingerprint density at radius 3 is 2.67 bits per heavy atom. The maximum Gasteiger partial charge on any atom is 0.180 e. The van der Waals surface area contributed by atoms with E-state index >= 15 is 0 Å². The number of hydrogen-bond donors (Lipinski definition) is 3. The first-order chi connectivity index (χ1) is 14.6. The van der Waals surface area contributed by atoms with Crippen molar-refractivity contribution >= 4 is 34.7 Å².